The molecule has 208 valence electrons. The lowest BCUT2D eigenvalue weighted by Gasteiger charge is -2.10. The van der Waals surface area contributed by atoms with Crippen LogP contribution >= 0.6 is 11.8 Å². The SMILES string of the molecule is CC(=O)Sc1ccc(C#Cc2ccc(C#Cc3ccc(C#Cc4ccccc4)c(C(F)(F)F)c3)c(C(F)(F)F)c2)cc1. The first kappa shape index (κ1) is 30.1. The average Bonchev–Trinajstić information content (AvgIpc) is 2.94. The molecule has 0 spiro atoms. The van der Waals surface area contributed by atoms with Crippen LogP contribution in [0.2, 0.25) is 0 Å². The molecular formula is C34H18F6OS. The highest BCUT2D eigenvalue weighted by molar-refractivity contribution is 8.13. The van der Waals surface area contributed by atoms with E-state index in [1.807, 2.05) is 0 Å². The van der Waals surface area contributed by atoms with Gasteiger partial charge in [0.15, 0.2) is 5.12 Å². The fourth-order valence-corrected chi connectivity index (χ4v) is 4.25. The van der Waals surface area contributed by atoms with Gasteiger partial charge in [0.05, 0.1) is 11.1 Å². The van der Waals surface area contributed by atoms with Crippen molar-refractivity contribution < 1.29 is 31.1 Å². The standard InChI is InChI=1S/C34H18F6OS/c1-23(41)42-30-19-13-25(14-20-30)7-8-26-10-16-29(31(21-26)33(35,36)37)18-12-27-11-17-28(32(22-27)34(38,39)40)15-9-24-5-3-2-4-6-24/h2-6,10-11,13-14,16-17,19-22H,1H3. The predicted octanol–water partition coefficient (Wildman–Crippen LogP) is 8.56. The van der Waals surface area contributed by atoms with Crippen LogP contribution in [0.1, 0.15) is 51.4 Å². The molecule has 0 amide bonds. The zero-order valence-corrected chi connectivity index (χ0v) is 22.6. The van der Waals surface area contributed by atoms with E-state index in [1.165, 1.54) is 19.1 Å². The zero-order valence-electron chi connectivity index (χ0n) is 21.7. The summed E-state index contributed by atoms with van der Waals surface area (Å²) in [4.78, 5) is 11.9. The van der Waals surface area contributed by atoms with Gasteiger partial charge in [-0.1, -0.05) is 65.5 Å². The van der Waals surface area contributed by atoms with E-state index < -0.39 is 29.0 Å². The van der Waals surface area contributed by atoms with Crippen molar-refractivity contribution in [2.75, 3.05) is 0 Å². The molecule has 4 aromatic rings. The second-order valence-corrected chi connectivity index (χ2v) is 10.0. The molecule has 0 aliphatic heterocycles. The van der Waals surface area contributed by atoms with Gasteiger partial charge in [0.2, 0.25) is 0 Å². The van der Waals surface area contributed by atoms with Gasteiger partial charge in [-0.05, 0) is 72.8 Å². The van der Waals surface area contributed by atoms with Gasteiger partial charge in [-0.25, -0.2) is 0 Å². The Morgan fingerprint density at radius 3 is 1.43 bits per heavy atom. The third kappa shape index (κ3) is 8.33. The van der Waals surface area contributed by atoms with Crippen LogP contribution in [0.4, 0.5) is 26.3 Å². The molecule has 0 heterocycles. The molecule has 0 aliphatic rings. The Labute approximate surface area is 243 Å². The molecule has 1 nitrogen and oxygen atoms in total. The Hall–Kier alpha value is -4.84. The van der Waals surface area contributed by atoms with Gasteiger partial charge >= 0.3 is 12.4 Å². The highest BCUT2D eigenvalue weighted by Gasteiger charge is 2.34. The summed E-state index contributed by atoms with van der Waals surface area (Å²) < 4.78 is 82.8. The Balaban J connectivity index is 1.64. The van der Waals surface area contributed by atoms with Crippen LogP contribution in [-0.4, -0.2) is 5.12 Å². The van der Waals surface area contributed by atoms with Crippen LogP contribution < -0.4 is 0 Å². The molecule has 0 bridgehead atoms. The van der Waals surface area contributed by atoms with E-state index in [2.05, 4.69) is 35.5 Å². The molecular weight excluding hydrogens is 570 g/mol. The van der Waals surface area contributed by atoms with E-state index >= 15 is 0 Å². The molecule has 0 radical (unpaired) electrons. The van der Waals surface area contributed by atoms with Crippen molar-refractivity contribution in [1.82, 2.24) is 0 Å². The van der Waals surface area contributed by atoms with E-state index in [1.54, 1.807) is 54.6 Å². The minimum Gasteiger partial charge on any atom is -0.287 e. The normalized spacial score (nSPS) is 10.8. The summed E-state index contributed by atoms with van der Waals surface area (Å²) in [6.07, 6.45) is -9.52. The number of carbonyl (C=O) groups excluding carboxylic acids is 1. The molecule has 4 aromatic carbocycles. The highest BCUT2D eigenvalue weighted by atomic mass is 32.2. The quantitative estimate of drug-likeness (QED) is 0.126. The van der Waals surface area contributed by atoms with E-state index in [0.717, 1.165) is 36.0 Å². The number of hydrogen-bond acceptors (Lipinski definition) is 2. The van der Waals surface area contributed by atoms with Gasteiger partial charge < -0.3 is 0 Å². The van der Waals surface area contributed by atoms with Crippen LogP contribution in [0, 0.1) is 35.5 Å². The van der Waals surface area contributed by atoms with Crippen molar-refractivity contribution in [3.8, 4) is 35.5 Å². The Morgan fingerprint density at radius 2 is 0.952 bits per heavy atom. The Kier molecular flexibility index (Phi) is 9.16. The maximum absolute atomic E-state index is 13.9. The summed E-state index contributed by atoms with van der Waals surface area (Å²) in [5.41, 5.74) is -1.74. The second-order valence-electron chi connectivity index (χ2n) is 8.75. The van der Waals surface area contributed by atoms with Gasteiger partial charge in [-0.3, -0.25) is 4.79 Å². The first-order valence-corrected chi connectivity index (χ1v) is 13.0. The van der Waals surface area contributed by atoms with Gasteiger partial charge in [0, 0.05) is 45.2 Å². The van der Waals surface area contributed by atoms with Crippen molar-refractivity contribution in [3.05, 3.63) is 136 Å². The lowest BCUT2D eigenvalue weighted by molar-refractivity contribution is -0.138. The molecule has 0 fully saturated rings. The fraction of sp³-hybridized carbons (Fsp3) is 0.0882. The maximum Gasteiger partial charge on any atom is 0.417 e. The van der Waals surface area contributed by atoms with E-state index in [-0.39, 0.29) is 21.8 Å². The summed E-state index contributed by atoms with van der Waals surface area (Å²) >= 11 is 1.05. The topological polar surface area (TPSA) is 17.1 Å². The first-order chi connectivity index (χ1) is 19.9. The third-order valence-corrected chi connectivity index (χ3v) is 6.37. The molecule has 0 N–H and O–H groups in total. The molecule has 0 unspecified atom stereocenters. The number of benzene rings is 4. The Bertz CT molecular complexity index is 1800. The van der Waals surface area contributed by atoms with Crippen LogP contribution in [0.5, 0.6) is 0 Å². The summed E-state index contributed by atoms with van der Waals surface area (Å²) in [5, 5.41) is -0.0809. The summed E-state index contributed by atoms with van der Waals surface area (Å²) in [6.45, 7) is 1.43. The lowest BCUT2D eigenvalue weighted by Crippen LogP contribution is -2.08. The molecule has 42 heavy (non-hydrogen) atoms. The average molecular weight is 589 g/mol. The van der Waals surface area contributed by atoms with Crippen molar-refractivity contribution in [2.24, 2.45) is 0 Å². The van der Waals surface area contributed by atoms with E-state index in [9.17, 15) is 31.1 Å². The van der Waals surface area contributed by atoms with Gasteiger partial charge in [-0.15, -0.1) is 0 Å². The highest BCUT2D eigenvalue weighted by Crippen LogP contribution is 2.34. The monoisotopic (exact) mass is 588 g/mol. The number of alkyl halides is 6. The van der Waals surface area contributed by atoms with Gasteiger partial charge in [0.1, 0.15) is 0 Å². The van der Waals surface area contributed by atoms with Crippen LogP contribution in [-0.2, 0) is 17.1 Å². The summed E-state index contributed by atoms with van der Waals surface area (Å²) in [6, 6.07) is 21.7. The lowest BCUT2D eigenvalue weighted by atomic mass is 10.0. The van der Waals surface area contributed by atoms with Crippen LogP contribution in [0.25, 0.3) is 0 Å². The minimum atomic E-state index is -4.78. The third-order valence-electron chi connectivity index (χ3n) is 5.57. The van der Waals surface area contributed by atoms with Crippen molar-refractivity contribution in [3.63, 3.8) is 0 Å². The molecule has 0 saturated heterocycles. The molecule has 0 saturated carbocycles. The molecule has 4 rings (SSSR count). The maximum atomic E-state index is 13.9. The van der Waals surface area contributed by atoms with Crippen LogP contribution in [0.3, 0.4) is 0 Å². The number of hydrogen-bond donors (Lipinski definition) is 0. The first-order valence-electron chi connectivity index (χ1n) is 12.2. The molecule has 0 aliphatic carbocycles. The van der Waals surface area contributed by atoms with Crippen LogP contribution in [0.15, 0.2) is 95.9 Å². The van der Waals surface area contributed by atoms with Crippen molar-refractivity contribution >= 4 is 16.9 Å². The predicted molar refractivity (Wildman–Crippen MR) is 150 cm³/mol. The smallest absolute Gasteiger partial charge is 0.287 e. The van der Waals surface area contributed by atoms with Gasteiger partial charge in [-0.2, -0.15) is 26.3 Å². The molecule has 8 heteroatoms. The largest absolute Gasteiger partial charge is 0.417 e. The number of thioether (sulfide) groups is 1. The fourth-order valence-electron chi connectivity index (χ4n) is 3.65. The number of carbonyl (C=O) groups is 1. The van der Waals surface area contributed by atoms with Gasteiger partial charge in [0.25, 0.3) is 0 Å². The summed E-state index contributed by atoms with van der Waals surface area (Å²) in [5.74, 6) is 15.4. The summed E-state index contributed by atoms with van der Waals surface area (Å²) in [7, 11) is 0. The minimum absolute atomic E-state index is 0.0794. The number of halogens is 6. The zero-order chi connectivity index (χ0) is 30.3. The number of rotatable bonds is 1. The van der Waals surface area contributed by atoms with Crippen molar-refractivity contribution in [1.29, 1.82) is 0 Å². The van der Waals surface area contributed by atoms with E-state index in [4.69, 9.17) is 0 Å². The van der Waals surface area contributed by atoms with Crippen molar-refractivity contribution in [2.45, 2.75) is 24.2 Å². The van der Waals surface area contributed by atoms with E-state index in [0.29, 0.717) is 16.0 Å². The Morgan fingerprint density at radius 1 is 0.548 bits per heavy atom. The second kappa shape index (κ2) is 12.8. The molecule has 0 aromatic heterocycles. The molecule has 0 atom stereocenters.